The first-order valence-electron chi connectivity index (χ1n) is 6.85. The second-order valence-electron chi connectivity index (χ2n) is 5.27. The molecule has 1 aromatic rings. The van der Waals surface area contributed by atoms with Crippen LogP contribution < -0.4 is 5.32 Å². The molecule has 1 aromatic carbocycles. The first-order valence-corrected chi connectivity index (χ1v) is 6.85. The van der Waals surface area contributed by atoms with E-state index in [-0.39, 0.29) is 44.1 Å². The molecular formula is C15H19F2NO2. The molecule has 0 heterocycles. The van der Waals surface area contributed by atoms with Crippen molar-refractivity contribution in [2.24, 2.45) is 5.92 Å². The van der Waals surface area contributed by atoms with Gasteiger partial charge in [-0.05, 0) is 24.0 Å². The molecule has 0 saturated heterocycles. The topological polar surface area (TPSA) is 49.3 Å². The number of nitrogens with one attached hydrogen (secondary N) is 1. The van der Waals surface area contributed by atoms with Gasteiger partial charge in [-0.3, -0.25) is 4.79 Å². The van der Waals surface area contributed by atoms with Gasteiger partial charge in [-0.2, -0.15) is 0 Å². The van der Waals surface area contributed by atoms with E-state index in [0.29, 0.717) is 6.54 Å². The fourth-order valence-corrected chi connectivity index (χ4v) is 2.51. The van der Waals surface area contributed by atoms with Gasteiger partial charge in [0.25, 0.3) is 0 Å². The average molecular weight is 283 g/mol. The van der Waals surface area contributed by atoms with Crippen LogP contribution in [0, 0.1) is 5.92 Å². The highest BCUT2D eigenvalue weighted by Crippen LogP contribution is 2.36. The summed E-state index contributed by atoms with van der Waals surface area (Å²) in [6.45, 7) is 0.240. The summed E-state index contributed by atoms with van der Waals surface area (Å²) < 4.78 is 26.1. The van der Waals surface area contributed by atoms with Crippen molar-refractivity contribution in [3.8, 4) is 0 Å². The highest BCUT2D eigenvalue weighted by Gasteiger charge is 2.37. The van der Waals surface area contributed by atoms with Gasteiger partial charge >= 0.3 is 0 Å². The summed E-state index contributed by atoms with van der Waals surface area (Å²) in [5, 5.41) is 12.0. The number of alkyl halides is 2. The average Bonchev–Trinajstić information content (AvgIpc) is 2.45. The molecule has 5 heteroatoms. The molecule has 0 radical (unpaired) electrons. The lowest BCUT2D eigenvalue weighted by molar-refractivity contribution is -0.129. The van der Waals surface area contributed by atoms with Crippen molar-refractivity contribution in [3.63, 3.8) is 0 Å². The first-order chi connectivity index (χ1) is 9.52. The van der Waals surface area contributed by atoms with E-state index in [4.69, 9.17) is 0 Å². The van der Waals surface area contributed by atoms with Gasteiger partial charge in [0, 0.05) is 25.3 Å². The van der Waals surface area contributed by atoms with Gasteiger partial charge in [0.1, 0.15) is 0 Å². The van der Waals surface area contributed by atoms with Crippen molar-refractivity contribution in [2.45, 2.75) is 44.8 Å². The summed E-state index contributed by atoms with van der Waals surface area (Å²) >= 11 is 0. The van der Waals surface area contributed by atoms with Gasteiger partial charge in [0.2, 0.25) is 11.8 Å². The van der Waals surface area contributed by atoms with Crippen LogP contribution in [0.15, 0.2) is 24.3 Å². The Morgan fingerprint density at radius 3 is 2.45 bits per heavy atom. The highest BCUT2D eigenvalue weighted by molar-refractivity contribution is 5.78. The number of benzene rings is 1. The molecule has 1 aliphatic rings. The van der Waals surface area contributed by atoms with Gasteiger partial charge < -0.3 is 10.4 Å². The summed E-state index contributed by atoms with van der Waals surface area (Å²) in [6, 6.07) is 7.28. The van der Waals surface area contributed by atoms with Crippen molar-refractivity contribution in [1.29, 1.82) is 0 Å². The Balaban J connectivity index is 1.86. The maximum atomic E-state index is 13.0. The number of carbonyl (C=O) groups is 1. The summed E-state index contributed by atoms with van der Waals surface area (Å²) in [5.74, 6) is -3.11. The van der Waals surface area contributed by atoms with Crippen LogP contribution in [0.1, 0.15) is 36.8 Å². The number of amides is 1. The highest BCUT2D eigenvalue weighted by atomic mass is 19.3. The third-order valence-corrected chi connectivity index (χ3v) is 3.83. The van der Waals surface area contributed by atoms with E-state index in [1.165, 1.54) is 0 Å². The van der Waals surface area contributed by atoms with E-state index >= 15 is 0 Å². The first kappa shape index (κ1) is 14.9. The summed E-state index contributed by atoms with van der Waals surface area (Å²) in [6.07, 6.45) is 0.0532. The van der Waals surface area contributed by atoms with E-state index in [1.54, 1.807) is 6.07 Å². The molecule has 20 heavy (non-hydrogen) atoms. The van der Waals surface area contributed by atoms with E-state index in [1.807, 2.05) is 18.2 Å². The molecule has 0 aromatic heterocycles. The third-order valence-electron chi connectivity index (χ3n) is 3.83. The molecular weight excluding hydrogens is 264 g/mol. The predicted octanol–water partition coefficient (Wildman–Crippen LogP) is 2.62. The number of rotatable bonds is 4. The lowest BCUT2D eigenvalue weighted by atomic mass is 9.86. The summed E-state index contributed by atoms with van der Waals surface area (Å²) in [4.78, 5) is 12.0. The molecule has 1 amide bonds. The SMILES string of the molecule is O=C(NCc1ccccc1CO)C1CCC(F)(F)CC1. The molecule has 0 aliphatic heterocycles. The van der Waals surface area contributed by atoms with Crippen LogP contribution in [0.2, 0.25) is 0 Å². The quantitative estimate of drug-likeness (QED) is 0.892. The number of halogens is 2. The van der Waals surface area contributed by atoms with Gasteiger partial charge in [-0.15, -0.1) is 0 Å². The zero-order valence-electron chi connectivity index (χ0n) is 11.2. The second kappa shape index (κ2) is 6.31. The summed E-state index contributed by atoms with van der Waals surface area (Å²) in [5.41, 5.74) is 1.62. The Bertz CT molecular complexity index is 467. The van der Waals surface area contributed by atoms with E-state index in [9.17, 15) is 18.7 Å². The van der Waals surface area contributed by atoms with Crippen LogP contribution in [0.5, 0.6) is 0 Å². The Morgan fingerprint density at radius 2 is 1.85 bits per heavy atom. The molecule has 1 fully saturated rings. The standard InChI is InChI=1S/C15H19F2NO2/c16-15(17)7-5-11(6-8-15)14(20)18-9-12-3-1-2-4-13(12)10-19/h1-4,11,19H,5-10H2,(H,18,20). The molecule has 3 nitrogen and oxygen atoms in total. The van der Waals surface area contributed by atoms with Crippen molar-refractivity contribution < 1.29 is 18.7 Å². The van der Waals surface area contributed by atoms with Crippen LogP contribution in [0.4, 0.5) is 8.78 Å². The maximum absolute atomic E-state index is 13.0. The Morgan fingerprint density at radius 1 is 1.25 bits per heavy atom. The normalized spacial score (nSPS) is 18.8. The molecule has 1 saturated carbocycles. The third kappa shape index (κ3) is 3.76. The predicted molar refractivity (Wildman–Crippen MR) is 71.1 cm³/mol. The fraction of sp³-hybridized carbons (Fsp3) is 0.533. The number of aliphatic hydroxyl groups excluding tert-OH is 1. The number of hydrogen-bond acceptors (Lipinski definition) is 2. The minimum atomic E-state index is -2.61. The Hall–Kier alpha value is -1.49. The number of carbonyl (C=O) groups excluding carboxylic acids is 1. The van der Waals surface area contributed by atoms with Crippen LogP contribution in [0.25, 0.3) is 0 Å². The minimum Gasteiger partial charge on any atom is -0.392 e. The molecule has 110 valence electrons. The minimum absolute atomic E-state index is 0.0817. The van der Waals surface area contributed by atoms with Gasteiger partial charge in [0.05, 0.1) is 6.61 Å². The maximum Gasteiger partial charge on any atom is 0.248 e. The van der Waals surface area contributed by atoms with Crippen molar-refractivity contribution in [1.82, 2.24) is 5.32 Å². The van der Waals surface area contributed by atoms with E-state index in [0.717, 1.165) is 11.1 Å². The largest absolute Gasteiger partial charge is 0.392 e. The van der Waals surface area contributed by atoms with Gasteiger partial charge in [-0.1, -0.05) is 24.3 Å². The van der Waals surface area contributed by atoms with Crippen molar-refractivity contribution >= 4 is 5.91 Å². The molecule has 0 atom stereocenters. The second-order valence-corrected chi connectivity index (χ2v) is 5.27. The van der Waals surface area contributed by atoms with E-state index in [2.05, 4.69) is 5.32 Å². The smallest absolute Gasteiger partial charge is 0.248 e. The zero-order valence-corrected chi connectivity index (χ0v) is 11.2. The Labute approximate surface area is 117 Å². The molecule has 0 spiro atoms. The fourth-order valence-electron chi connectivity index (χ4n) is 2.51. The zero-order chi connectivity index (χ0) is 14.6. The Kier molecular flexibility index (Phi) is 4.70. The molecule has 2 N–H and O–H groups in total. The van der Waals surface area contributed by atoms with Crippen LogP contribution >= 0.6 is 0 Å². The van der Waals surface area contributed by atoms with Crippen molar-refractivity contribution in [2.75, 3.05) is 0 Å². The number of hydrogen-bond donors (Lipinski definition) is 2. The molecule has 1 aliphatic carbocycles. The van der Waals surface area contributed by atoms with Crippen LogP contribution in [-0.2, 0) is 17.9 Å². The number of aliphatic hydroxyl groups is 1. The van der Waals surface area contributed by atoms with Crippen LogP contribution in [0.3, 0.4) is 0 Å². The lowest BCUT2D eigenvalue weighted by Crippen LogP contribution is -2.35. The van der Waals surface area contributed by atoms with Crippen molar-refractivity contribution in [3.05, 3.63) is 35.4 Å². The van der Waals surface area contributed by atoms with Gasteiger partial charge in [0.15, 0.2) is 0 Å². The molecule has 2 rings (SSSR count). The summed E-state index contributed by atoms with van der Waals surface area (Å²) in [7, 11) is 0. The molecule has 0 bridgehead atoms. The van der Waals surface area contributed by atoms with E-state index < -0.39 is 5.92 Å². The molecule has 0 unspecified atom stereocenters. The monoisotopic (exact) mass is 283 g/mol. The lowest BCUT2D eigenvalue weighted by Gasteiger charge is -2.27. The van der Waals surface area contributed by atoms with Crippen LogP contribution in [-0.4, -0.2) is 16.9 Å². The van der Waals surface area contributed by atoms with Gasteiger partial charge in [-0.25, -0.2) is 8.78 Å².